The zero-order chi connectivity index (χ0) is 10.6. The molecule has 0 aliphatic rings. The zero-order valence-electron chi connectivity index (χ0n) is 8.86. The van der Waals surface area contributed by atoms with Crippen LogP contribution in [0.1, 0.15) is 26.7 Å². The smallest absolute Gasteiger partial charge is 0.251 e. The van der Waals surface area contributed by atoms with Gasteiger partial charge in [-0.3, -0.25) is 4.79 Å². The van der Waals surface area contributed by atoms with Crippen LogP contribution in [0.3, 0.4) is 0 Å². The predicted octanol–water partition coefficient (Wildman–Crippen LogP) is 1.95. The molecule has 0 aliphatic heterocycles. The second kappa shape index (κ2) is 5.10. The van der Waals surface area contributed by atoms with Gasteiger partial charge >= 0.3 is 0 Å². The fraction of sp³-hybridized carbons (Fsp3) is 0.600. The molecular weight excluding hydrogens is 196 g/mol. The van der Waals surface area contributed by atoms with Gasteiger partial charge in [0.1, 0.15) is 0 Å². The molecule has 78 valence electrons. The number of hydrogen-bond acceptors (Lipinski definition) is 2. The van der Waals surface area contributed by atoms with Gasteiger partial charge in [-0.25, -0.2) is 0 Å². The monoisotopic (exact) mass is 212 g/mol. The third-order valence-corrected chi connectivity index (χ3v) is 2.96. The highest BCUT2D eigenvalue weighted by Crippen LogP contribution is 2.06. The molecule has 1 aromatic rings. The van der Waals surface area contributed by atoms with E-state index >= 15 is 0 Å². The van der Waals surface area contributed by atoms with Gasteiger partial charge in [0.2, 0.25) is 0 Å². The van der Waals surface area contributed by atoms with Crippen molar-refractivity contribution in [2.24, 2.45) is 18.0 Å². The highest BCUT2D eigenvalue weighted by atomic mass is 32.1. The minimum absolute atomic E-state index is 0.00935. The van der Waals surface area contributed by atoms with Crippen molar-refractivity contribution in [2.75, 3.05) is 0 Å². The standard InChI is InChI=1S/C10H16N2OS/c1-4-5-8(2)9(13)11-10-12(3)6-7-14-10/h6-8H,4-5H2,1-3H3. The van der Waals surface area contributed by atoms with Crippen molar-refractivity contribution in [1.29, 1.82) is 0 Å². The Labute approximate surface area is 88.1 Å². The van der Waals surface area contributed by atoms with Crippen LogP contribution in [0.15, 0.2) is 16.6 Å². The van der Waals surface area contributed by atoms with E-state index < -0.39 is 0 Å². The Bertz CT molecular complexity index is 364. The van der Waals surface area contributed by atoms with Gasteiger partial charge in [-0.2, -0.15) is 4.99 Å². The van der Waals surface area contributed by atoms with Crippen LogP contribution in [-0.4, -0.2) is 10.5 Å². The number of carbonyl (C=O) groups is 1. The molecule has 0 saturated heterocycles. The average molecular weight is 212 g/mol. The van der Waals surface area contributed by atoms with E-state index in [1.165, 1.54) is 11.3 Å². The third kappa shape index (κ3) is 2.80. The Kier molecular flexibility index (Phi) is 4.07. The normalized spacial score (nSPS) is 14.4. The predicted molar refractivity (Wildman–Crippen MR) is 57.9 cm³/mol. The molecule has 14 heavy (non-hydrogen) atoms. The first kappa shape index (κ1) is 11.2. The Morgan fingerprint density at radius 2 is 2.43 bits per heavy atom. The van der Waals surface area contributed by atoms with E-state index in [-0.39, 0.29) is 11.8 Å². The largest absolute Gasteiger partial charge is 0.327 e. The summed E-state index contributed by atoms with van der Waals surface area (Å²) < 4.78 is 1.86. The fourth-order valence-electron chi connectivity index (χ4n) is 1.20. The Balaban J connectivity index is 2.78. The van der Waals surface area contributed by atoms with Crippen molar-refractivity contribution in [3.8, 4) is 0 Å². The molecule has 1 heterocycles. The summed E-state index contributed by atoms with van der Waals surface area (Å²) in [4.78, 5) is 16.4. The van der Waals surface area contributed by atoms with Gasteiger partial charge in [-0.1, -0.05) is 20.3 Å². The van der Waals surface area contributed by atoms with Crippen molar-refractivity contribution in [2.45, 2.75) is 26.7 Å². The molecule has 1 aromatic heterocycles. The van der Waals surface area contributed by atoms with E-state index in [0.717, 1.165) is 17.6 Å². The van der Waals surface area contributed by atoms with Crippen molar-refractivity contribution < 1.29 is 4.79 Å². The number of nitrogens with zero attached hydrogens (tertiary/aromatic N) is 2. The minimum atomic E-state index is -0.00935. The van der Waals surface area contributed by atoms with Gasteiger partial charge in [0.15, 0.2) is 4.80 Å². The Hall–Kier alpha value is -0.900. The van der Waals surface area contributed by atoms with Gasteiger partial charge in [-0.05, 0) is 6.42 Å². The van der Waals surface area contributed by atoms with Crippen LogP contribution in [0.2, 0.25) is 0 Å². The van der Waals surface area contributed by atoms with Gasteiger partial charge in [0, 0.05) is 24.5 Å². The van der Waals surface area contributed by atoms with Crippen LogP contribution in [0, 0.1) is 5.92 Å². The average Bonchev–Trinajstić information content (AvgIpc) is 2.52. The summed E-state index contributed by atoms with van der Waals surface area (Å²) in [6, 6.07) is 0. The van der Waals surface area contributed by atoms with Crippen LogP contribution in [0.5, 0.6) is 0 Å². The van der Waals surface area contributed by atoms with E-state index in [2.05, 4.69) is 11.9 Å². The number of carbonyl (C=O) groups excluding carboxylic acids is 1. The number of aromatic nitrogens is 1. The number of aryl methyl sites for hydroxylation is 1. The Morgan fingerprint density at radius 3 is 2.93 bits per heavy atom. The maximum Gasteiger partial charge on any atom is 0.251 e. The van der Waals surface area contributed by atoms with Gasteiger partial charge in [0.25, 0.3) is 5.91 Å². The van der Waals surface area contributed by atoms with E-state index in [0.29, 0.717) is 0 Å². The summed E-state index contributed by atoms with van der Waals surface area (Å²) in [6.45, 7) is 4.01. The summed E-state index contributed by atoms with van der Waals surface area (Å²) in [7, 11) is 1.90. The first-order chi connectivity index (χ1) is 6.65. The lowest BCUT2D eigenvalue weighted by Gasteiger charge is -2.02. The lowest BCUT2D eigenvalue weighted by atomic mass is 10.1. The SMILES string of the molecule is CCCC(C)C(=O)N=c1sccn1C. The lowest BCUT2D eigenvalue weighted by Crippen LogP contribution is -2.16. The lowest BCUT2D eigenvalue weighted by molar-refractivity contribution is -0.121. The second-order valence-electron chi connectivity index (χ2n) is 3.44. The third-order valence-electron chi connectivity index (χ3n) is 2.11. The second-order valence-corrected chi connectivity index (χ2v) is 4.31. The number of amides is 1. The molecule has 1 rings (SSSR count). The van der Waals surface area contributed by atoms with Crippen LogP contribution < -0.4 is 4.80 Å². The molecular formula is C10H16N2OS. The maximum atomic E-state index is 11.6. The van der Waals surface area contributed by atoms with Gasteiger partial charge in [0.05, 0.1) is 0 Å². The molecule has 0 spiro atoms. The molecule has 1 amide bonds. The quantitative estimate of drug-likeness (QED) is 0.754. The summed E-state index contributed by atoms with van der Waals surface area (Å²) in [6.07, 6.45) is 3.84. The highest BCUT2D eigenvalue weighted by molar-refractivity contribution is 7.07. The number of rotatable bonds is 3. The summed E-state index contributed by atoms with van der Waals surface area (Å²) in [5.41, 5.74) is 0. The van der Waals surface area contributed by atoms with E-state index in [9.17, 15) is 4.79 Å². The molecule has 0 N–H and O–H groups in total. The fourth-order valence-corrected chi connectivity index (χ4v) is 1.93. The van der Waals surface area contributed by atoms with Crippen LogP contribution in [0.25, 0.3) is 0 Å². The molecule has 1 unspecified atom stereocenters. The van der Waals surface area contributed by atoms with Crippen LogP contribution >= 0.6 is 11.3 Å². The molecule has 0 aliphatic carbocycles. The van der Waals surface area contributed by atoms with Crippen molar-refractivity contribution >= 4 is 17.2 Å². The van der Waals surface area contributed by atoms with Crippen molar-refractivity contribution in [3.05, 3.63) is 16.4 Å². The molecule has 0 bridgehead atoms. The van der Waals surface area contributed by atoms with Crippen molar-refractivity contribution in [3.63, 3.8) is 0 Å². The number of hydrogen-bond donors (Lipinski definition) is 0. The molecule has 0 radical (unpaired) electrons. The highest BCUT2D eigenvalue weighted by Gasteiger charge is 2.10. The first-order valence-corrected chi connectivity index (χ1v) is 5.71. The maximum absolute atomic E-state index is 11.6. The molecule has 4 heteroatoms. The summed E-state index contributed by atoms with van der Waals surface area (Å²) in [5, 5.41) is 1.93. The van der Waals surface area contributed by atoms with Crippen molar-refractivity contribution in [1.82, 2.24) is 4.57 Å². The molecule has 1 atom stereocenters. The molecule has 0 fully saturated rings. The van der Waals surface area contributed by atoms with Crippen LogP contribution in [-0.2, 0) is 11.8 Å². The van der Waals surface area contributed by atoms with Gasteiger partial charge in [-0.15, -0.1) is 11.3 Å². The Morgan fingerprint density at radius 1 is 1.71 bits per heavy atom. The topological polar surface area (TPSA) is 34.4 Å². The summed E-state index contributed by atoms with van der Waals surface area (Å²) >= 11 is 1.49. The van der Waals surface area contributed by atoms with E-state index in [1.54, 1.807) is 0 Å². The zero-order valence-corrected chi connectivity index (χ0v) is 9.67. The first-order valence-electron chi connectivity index (χ1n) is 4.83. The molecule has 3 nitrogen and oxygen atoms in total. The minimum Gasteiger partial charge on any atom is -0.327 e. The summed E-state index contributed by atoms with van der Waals surface area (Å²) in [5.74, 6) is 0.0343. The van der Waals surface area contributed by atoms with Crippen LogP contribution in [0.4, 0.5) is 0 Å². The molecule has 0 aromatic carbocycles. The molecule has 0 saturated carbocycles. The van der Waals surface area contributed by atoms with E-state index in [4.69, 9.17) is 0 Å². The van der Waals surface area contributed by atoms with Gasteiger partial charge < -0.3 is 4.57 Å². The van der Waals surface area contributed by atoms with E-state index in [1.807, 2.05) is 30.1 Å². The number of thiazole rings is 1.